The van der Waals surface area contributed by atoms with E-state index < -0.39 is 33.8 Å². The summed E-state index contributed by atoms with van der Waals surface area (Å²) >= 11 is 0. The second kappa shape index (κ2) is 14.1. The van der Waals surface area contributed by atoms with Crippen LogP contribution >= 0.6 is 0 Å². The molecule has 0 radical (unpaired) electrons. The monoisotopic (exact) mass is 379 g/mol. The highest BCUT2D eigenvalue weighted by molar-refractivity contribution is 7.86. The van der Waals surface area contributed by atoms with Crippen molar-refractivity contribution in [3.05, 3.63) is 0 Å². The Morgan fingerprint density at radius 3 is 1.92 bits per heavy atom. The average molecular weight is 380 g/mol. The topological polar surface area (TPSA) is 110 Å². The van der Waals surface area contributed by atoms with Crippen molar-refractivity contribution >= 4 is 22.0 Å². The summed E-state index contributed by atoms with van der Waals surface area (Å²) < 4.78 is 34.7. The number of hydrogen-bond acceptors (Lipinski definition) is 5. The van der Waals surface area contributed by atoms with Gasteiger partial charge < -0.3 is 10.1 Å². The van der Waals surface area contributed by atoms with Crippen molar-refractivity contribution in [2.75, 3.05) is 12.4 Å². The molecule has 0 aromatic rings. The molecule has 0 aromatic carbocycles. The number of rotatable bonds is 15. The number of unbranched alkanes of at least 4 members (excludes halogenated alkanes) is 9. The fraction of sp³-hybridized carbons (Fsp3) is 0.882. The van der Waals surface area contributed by atoms with Gasteiger partial charge >= 0.3 is 5.97 Å². The van der Waals surface area contributed by atoms with E-state index in [1.807, 2.05) is 0 Å². The number of nitrogens with one attached hydrogen (secondary N) is 1. The lowest BCUT2D eigenvalue weighted by Crippen LogP contribution is -2.42. The Morgan fingerprint density at radius 1 is 0.960 bits per heavy atom. The van der Waals surface area contributed by atoms with Crippen LogP contribution in [0.4, 0.5) is 0 Å². The number of amides is 1. The summed E-state index contributed by atoms with van der Waals surface area (Å²) in [5.41, 5.74) is 0. The highest BCUT2D eigenvalue weighted by atomic mass is 32.2. The molecule has 1 atom stereocenters. The van der Waals surface area contributed by atoms with E-state index in [2.05, 4.69) is 12.2 Å². The van der Waals surface area contributed by atoms with Crippen LogP contribution in [0.5, 0.6) is 0 Å². The summed E-state index contributed by atoms with van der Waals surface area (Å²) in [4.78, 5) is 22.9. The van der Waals surface area contributed by atoms with Crippen LogP contribution in [0, 0.1) is 0 Å². The third-order valence-corrected chi connectivity index (χ3v) is 4.41. The summed E-state index contributed by atoms with van der Waals surface area (Å²) in [5.74, 6) is -2.62. The number of ether oxygens (including phenoxy) is 1. The predicted molar refractivity (Wildman–Crippen MR) is 96.8 cm³/mol. The highest BCUT2D eigenvalue weighted by Crippen LogP contribution is 2.10. The zero-order valence-electron chi connectivity index (χ0n) is 15.5. The van der Waals surface area contributed by atoms with Gasteiger partial charge in [-0.15, -0.1) is 0 Å². The molecule has 0 heterocycles. The van der Waals surface area contributed by atoms with Crippen molar-refractivity contribution in [1.29, 1.82) is 0 Å². The van der Waals surface area contributed by atoms with E-state index in [0.717, 1.165) is 19.3 Å². The van der Waals surface area contributed by atoms with E-state index in [1.54, 1.807) is 0 Å². The summed E-state index contributed by atoms with van der Waals surface area (Å²) in [6, 6.07) is -0.947. The van der Waals surface area contributed by atoms with Crippen molar-refractivity contribution in [2.45, 2.75) is 84.1 Å². The summed E-state index contributed by atoms with van der Waals surface area (Å²) in [6.45, 7) is 3.90. The van der Waals surface area contributed by atoms with Gasteiger partial charge in [0.2, 0.25) is 5.91 Å². The first-order valence-electron chi connectivity index (χ1n) is 9.17. The number of carbonyl (C=O) groups excluding carboxylic acids is 2. The molecule has 0 fully saturated rings. The Kier molecular flexibility index (Phi) is 13.4. The lowest BCUT2D eigenvalue weighted by Gasteiger charge is -2.12. The van der Waals surface area contributed by atoms with Crippen molar-refractivity contribution in [3.8, 4) is 0 Å². The zero-order chi connectivity index (χ0) is 19.1. The van der Waals surface area contributed by atoms with Crippen LogP contribution in [-0.2, 0) is 24.4 Å². The second-order valence-corrected chi connectivity index (χ2v) is 7.82. The molecule has 148 valence electrons. The van der Waals surface area contributed by atoms with E-state index in [0.29, 0.717) is 0 Å². The van der Waals surface area contributed by atoms with Crippen molar-refractivity contribution in [3.63, 3.8) is 0 Å². The van der Waals surface area contributed by atoms with Gasteiger partial charge in [-0.05, 0) is 13.3 Å². The van der Waals surface area contributed by atoms with Crippen LogP contribution in [0.25, 0.3) is 0 Å². The number of hydrogen-bond donors (Lipinski definition) is 2. The molecule has 1 amide bonds. The quantitative estimate of drug-likeness (QED) is 0.257. The number of esters is 1. The fourth-order valence-corrected chi connectivity index (χ4v) is 2.81. The first-order valence-corrected chi connectivity index (χ1v) is 10.8. The van der Waals surface area contributed by atoms with Gasteiger partial charge in [0.15, 0.2) is 5.75 Å². The minimum atomic E-state index is -4.40. The van der Waals surface area contributed by atoms with Crippen LogP contribution in [0.15, 0.2) is 0 Å². The Balaban J connectivity index is 3.58. The van der Waals surface area contributed by atoms with E-state index in [-0.39, 0.29) is 6.61 Å². The van der Waals surface area contributed by atoms with Gasteiger partial charge in [-0.25, -0.2) is 4.79 Å². The van der Waals surface area contributed by atoms with Crippen molar-refractivity contribution < 1.29 is 27.3 Å². The Hall–Kier alpha value is -1.15. The lowest BCUT2D eigenvalue weighted by molar-refractivity contribution is -0.147. The zero-order valence-corrected chi connectivity index (χ0v) is 16.3. The Labute approximate surface area is 151 Å². The second-order valence-electron chi connectivity index (χ2n) is 6.36. The fourth-order valence-electron chi connectivity index (χ4n) is 2.39. The lowest BCUT2D eigenvalue weighted by atomic mass is 10.1. The molecule has 0 bridgehead atoms. The molecule has 7 nitrogen and oxygen atoms in total. The molecule has 0 unspecified atom stereocenters. The van der Waals surface area contributed by atoms with Gasteiger partial charge in [-0.1, -0.05) is 64.7 Å². The van der Waals surface area contributed by atoms with E-state index in [1.165, 1.54) is 51.9 Å². The minimum Gasteiger partial charge on any atom is -0.464 e. The highest BCUT2D eigenvalue weighted by Gasteiger charge is 2.20. The Morgan fingerprint density at radius 2 is 1.44 bits per heavy atom. The van der Waals surface area contributed by atoms with Gasteiger partial charge in [-0.2, -0.15) is 8.42 Å². The maximum atomic E-state index is 11.7. The molecule has 8 heteroatoms. The SMILES string of the molecule is CCCCCCCCCCCCOC(=O)[C@H](C)NC(=O)CS(=O)(=O)O. The smallest absolute Gasteiger partial charge is 0.328 e. The minimum absolute atomic E-state index is 0.286. The van der Waals surface area contributed by atoms with E-state index >= 15 is 0 Å². The Bertz CT molecular complexity index is 478. The van der Waals surface area contributed by atoms with Crippen LogP contribution < -0.4 is 5.32 Å². The van der Waals surface area contributed by atoms with Crippen molar-refractivity contribution in [2.24, 2.45) is 0 Å². The third kappa shape index (κ3) is 16.1. The summed E-state index contributed by atoms with van der Waals surface area (Å²) in [6.07, 6.45) is 11.8. The van der Waals surface area contributed by atoms with E-state index in [4.69, 9.17) is 9.29 Å². The largest absolute Gasteiger partial charge is 0.464 e. The van der Waals surface area contributed by atoms with Gasteiger partial charge in [0, 0.05) is 0 Å². The maximum Gasteiger partial charge on any atom is 0.328 e. The van der Waals surface area contributed by atoms with Crippen LogP contribution in [0.2, 0.25) is 0 Å². The third-order valence-electron chi connectivity index (χ3n) is 3.79. The van der Waals surface area contributed by atoms with Crippen LogP contribution in [-0.4, -0.2) is 43.2 Å². The molecule has 0 aliphatic heterocycles. The van der Waals surface area contributed by atoms with Gasteiger partial charge in [0.05, 0.1) is 6.61 Å². The predicted octanol–water partition coefficient (Wildman–Crippen LogP) is 2.84. The average Bonchev–Trinajstić information content (AvgIpc) is 2.50. The first kappa shape index (κ1) is 23.9. The molecular formula is C17H33NO6S. The molecule has 0 rings (SSSR count). The summed E-state index contributed by atoms with van der Waals surface area (Å²) in [7, 11) is -4.40. The molecule has 0 spiro atoms. The van der Waals surface area contributed by atoms with Crippen molar-refractivity contribution in [1.82, 2.24) is 5.32 Å². The first-order chi connectivity index (χ1) is 11.8. The molecular weight excluding hydrogens is 346 g/mol. The normalized spacial score (nSPS) is 12.6. The molecule has 2 N–H and O–H groups in total. The molecule has 25 heavy (non-hydrogen) atoms. The molecule has 0 aliphatic carbocycles. The van der Waals surface area contributed by atoms with Gasteiger partial charge in [0.25, 0.3) is 10.1 Å². The molecule has 0 saturated carbocycles. The van der Waals surface area contributed by atoms with Gasteiger partial charge in [-0.3, -0.25) is 9.35 Å². The maximum absolute atomic E-state index is 11.7. The number of carbonyl (C=O) groups is 2. The molecule has 0 saturated heterocycles. The molecule has 0 aliphatic rings. The summed E-state index contributed by atoms with van der Waals surface area (Å²) in [5, 5.41) is 2.17. The molecule has 0 aromatic heterocycles. The van der Waals surface area contributed by atoms with Gasteiger partial charge in [0.1, 0.15) is 6.04 Å². The van der Waals surface area contributed by atoms with Crippen LogP contribution in [0.3, 0.4) is 0 Å². The van der Waals surface area contributed by atoms with Crippen LogP contribution in [0.1, 0.15) is 78.1 Å². The van der Waals surface area contributed by atoms with E-state index in [9.17, 15) is 18.0 Å². The standard InChI is InChI=1S/C17H33NO6S/c1-3-4-5-6-7-8-9-10-11-12-13-24-17(20)15(2)18-16(19)14-25(21,22)23/h15H,3-14H2,1-2H3,(H,18,19)(H,21,22,23)/t15-/m0/s1.